The van der Waals surface area contributed by atoms with Gasteiger partial charge in [0, 0.05) is 42.7 Å². The number of nitrogens with zero attached hydrogens (tertiary/aromatic N) is 4. The van der Waals surface area contributed by atoms with Gasteiger partial charge in [-0.15, -0.1) is 0 Å². The predicted octanol–water partition coefficient (Wildman–Crippen LogP) is 4.92. The van der Waals surface area contributed by atoms with Gasteiger partial charge >= 0.3 is 18.2 Å². The molecule has 2 aromatic rings. The van der Waals surface area contributed by atoms with E-state index in [4.69, 9.17) is 19.9 Å². The number of fused-ring (bicyclic) bond motifs is 2. The molecule has 5 heterocycles. The van der Waals surface area contributed by atoms with Crippen LogP contribution in [0.3, 0.4) is 0 Å². The van der Waals surface area contributed by atoms with Crippen molar-refractivity contribution >= 4 is 17.5 Å². The van der Waals surface area contributed by atoms with E-state index in [-0.39, 0.29) is 54.3 Å². The zero-order valence-electron chi connectivity index (χ0n) is 24.5. The molecule has 3 fully saturated rings. The number of ether oxygens (including phenoxy) is 3. The molecule has 4 aliphatic rings. The third-order valence-corrected chi connectivity index (χ3v) is 8.30. The number of methoxy groups -OCH3 is 1. The van der Waals surface area contributed by atoms with Crippen LogP contribution in [0.15, 0.2) is 24.0 Å². The average Bonchev–Trinajstić information content (AvgIpc) is 3.51. The fraction of sp³-hybridized carbons (Fsp3) is 0.567. The van der Waals surface area contributed by atoms with Crippen LogP contribution >= 0.6 is 0 Å². The second kappa shape index (κ2) is 12.7. The summed E-state index contributed by atoms with van der Waals surface area (Å²) in [5.74, 6) is 0.140. The van der Waals surface area contributed by atoms with Gasteiger partial charge in [-0.1, -0.05) is 6.92 Å². The number of hydrogen-bond donors (Lipinski definition) is 1. The first-order chi connectivity index (χ1) is 20.5. The standard InChI is InChI=1S/C22H25F3N4O4.C8H12FN/c1-11-7-29(8-18(30)33-9-11)20-15-10-32-17(6-16(15)27-21(28-20)31-3)14-5-13(26)4-12(2)19(14)22(23,24)25;9-5-7-4-8-2-1-3-10(8)6-7/h4-5,11,17H,6-10,26H2,1-3H3;5,8H,1-4,6H2/b;7-5-. The molecule has 234 valence electrons. The first-order valence-corrected chi connectivity index (χ1v) is 14.4. The molecule has 0 radical (unpaired) electrons. The fourth-order valence-electron chi connectivity index (χ4n) is 6.40. The molecular formula is C30H37F4N5O4. The summed E-state index contributed by atoms with van der Waals surface area (Å²) in [5, 5.41) is 0. The largest absolute Gasteiger partial charge is 0.467 e. The molecule has 0 spiro atoms. The molecule has 1 aromatic carbocycles. The third-order valence-electron chi connectivity index (χ3n) is 8.30. The Hall–Kier alpha value is -3.45. The lowest BCUT2D eigenvalue weighted by atomic mass is 9.92. The Bertz CT molecular complexity index is 1370. The summed E-state index contributed by atoms with van der Waals surface area (Å²) < 4.78 is 69.9. The Morgan fingerprint density at radius 2 is 1.98 bits per heavy atom. The lowest BCUT2D eigenvalue weighted by Crippen LogP contribution is -2.34. The molecule has 0 amide bonds. The van der Waals surface area contributed by atoms with Gasteiger partial charge in [-0.2, -0.15) is 23.1 Å². The smallest absolute Gasteiger partial charge is 0.417 e. The van der Waals surface area contributed by atoms with Crippen molar-refractivity contribution in [2.75, 3.05) is 50.5 Å². The van der Waals surface area contributed by atoms with Crippen LogP contribution in [0, 0.1) is 12.8 Å². The molecule has 3 saturated heterocycles. The SMILES string of the molecule is COc1nc2c(c(N3CC(=O)OCC(C)C3)n1)COC(c1cc(N)cc(C)c1C(F)(F)F)C2.F/C=C1/CC2CCCN2C1. The monoisotopic (exact) mass is 607 g/mol. The Morgan fingerprint density at radius 3 is 2.67 bits per heavy atom. The normalized spacial score (nSPS) is 25.0. The average molecular weight is 608 g/mol. The van der Waals surface area contributed by atoms with Crippen LogP contribution in [-0.2, 0) is 33.5 Å². The number of anilines is 2. The van der Waals surface area contributed by atoms with Crippen molar-refractivity contribution in [2.24, 2.45) is 5.92 Å². The van der Waals surface area contributed by atoms with Gasteiger partial charge in [-0.25, -0.2) is 4.39 Å². The summed E-state index contributed by atoms with van der Waals surface area (Å²) in [6.45, 7) is 6.18. The van der Waals surface area contributed by atoms with Crippen LogP contribution in [-0.4, -0.2) is 66.8 Å². The predicted molar refractivity (Wildman–Crippen MR) is 151 cm³/mol. The lowest BCUT2D eigenvalue weighted by Gasteiger charge is -2.31. The summed E-state index contributed by atoms with van der Waals surface area (Å²) in [7, 11) is 1.41. The van der Waals surface area contributed by atoms with E-state index in [0.29, 0.717) is 36.3 Å². The highest BCUT2D eigenvalue weighted by Gasteiger charge is 2.39. The van der Waals surface area contributed by atoms with Crippen molar-refractivity contribution in [3.63, 3.8) is 0 Å². The topological polar surface area (TPSA) is 103 Å². The van der Waals surface area contributed by atoms with Crippen molar-refractivity contribution in [1.29, 1.82) is 0 Å². The fourth-order valence-corrected chi connectivity index (χ4v) is 6.40. The minimum Gasteiger partial charge on any atom is -0.467 e. The summed E-state index contributed by atoms with van der Waals surface area (Å²) in [6.07, 6.45) is -1.04. The van der Waals surface area contributed by atoms with Gasteiger partial charge in [0.15, 0.2) is 0 Å². The van der Waals surface area contributed by atoms with Crippen LogP contribution in [0.4, 0.5) is 29.1 Å². The molecule has 9 nitrogen and oxygen atoms in total. The van der Waals surface area contributed by atoms with Crippen LogP contribution in [0.1, 0.15) is 60.2 Å². The third kappa shape index (κ3) is 6.87. The van der Waals surface area contributed by atoms with E-state index in [2.05, 4.69) is 14.9 Å². The molecule has 0 bridgehead atoms. The molecule has 3 unspecified atom stereocenters. The van der Waals surface area contributed by atoms with Gasteiger partial charge in [0.1, 0.15) is 12.4 Å². The molecule has 6 rings (SSSR count). The van der Waals surface area contributed by atoms with Crippen molar-refractivity contribution < 1.29 is 36.6 Å². The first kappa shape index (κ1) is 31.0. The second-order valence-electron chi connectivity index (χ2n) is 11.7. The molecule has 4 aliphatic heterocycles. The summed E-state index contributed by atoms with van der Waals surface area (Å²) in [4.78, 5) is 25.1. The zero-order chi connectivity index (χ0) is 30.9. The number of benzene rings is 1. The number of hydrogen-bond acceptors (Lipinski definition) is 9. The number of rotatable bonds is 3. The van der Waals surface area contributed by atoms with Gasteiger partial charge in [0.2, 0.25) is 0 Å². The Labute approximate surface area is 248 Å². The maximum Gasteiger partial charge on any atom is 0.417 e. The first-order valence-electron chi connectivity index (χ1n) is 14.4. The Balaban J connectivity index is 0.000000308. The number of carbonyl (C=O) groups excluding carboxylic acids is 1. The minimum absolute atomic E-state index is 0.00693. The van der Waals surface area contributed by atoms with Crippen molar-refractivity contribution in [3.8, 4) is 6.01 Å². The maximum atomic E-state index is 13.8. The maximum absolute atomic E-state index is 13.8. The van der Waals surface area contributed by atoms with Crippen molar-refractivity contribution in [3.05, 3.63) is 52.0 Å². The molecule has 13 heteroatoms. The minimum atomic E-state index is -4.56. The number of aryl methyl sites for hydroxylation is 1. The molecule has 1 aromatic heterocycles. The van der Waals surface area contributed by atoms with Gasteiger partial charge in [-0.3, -0.25) is 9.69 Å². The van der Waals surface area contributed by atoms with Crippen molar-refractivity contribution in [2.45, 2.75) is 64.5 Å². The van der Waals surface area contributed by atoms with E-state index in [1.54, 1.807) is 4.90 Å². The van der Waals surface area contributed by atoms with Crippen LogP contribution in [0.2, 0.25) is 0 Å². The summed E-state index contributed by atoms with van der Waals surface area (Å²) >= 11 is 0. The number of cyclic esters (lactones) is 1. The van der Waals surface area contributed by atoms with E-state index >= 15 is 0 Å². The van der Waals surface area contributed by atoms with Gasteiger partial charge < -0.3 is 24.8 Å². The highest BCUT2D eigenvalue weighted by Crippen LogP contribution is 2.43. The highest BCUT2D eigenvalue weighted by molar-refractivity contribution is 5.76. The number of aromatic nitrogens is 2. The highest BCUT2D eigenvalue weighted by atomic mass is 19.4. The van der Waals surface area contributed by atoms with E-state index in [0.717, 1.165) is 24.9 Å². The summed E-state index contributed by atoms with van der Waals surface area (Å²) in [5.41, 5.74) is 7.44. The quantitative estimate of drug-likeness (QED) is 0.296. The molecule has 3 atom stereocenters. The molecule has 43 heavy (non-hydrogen) atoms. The van der Waals surface area contributed by atoms with E-state index < -0.39 is 17.8 Å². The number of alkyl halides is 3. The van der Waals surface area contributed by atoms with Gasteiger partial charge in [0.25, 0.3) is 0 Å². The zero-order valence-corrected chi connectivity index (χ0v) is 24.5. The number of nitrogen functional groups attached to an aromatic ring is 1. The Morgan fingerprint density at radius 1 is 1.19 bits per heavy atom. The number of nitrogens with two attached hydrogens (primary N) is 1. The molecule has 2 N–H and O–H groups in total. The molecule has 0 aliphatic carbocycles. The van der Waals surface area contributed by atoms with Crippen LogP contribution < -0.4 is 15.4 Å². The van der Waals surface area contributed by atoms with Crippen LogP contribution in [0.25, 0.3) is 0 Å². The van der Waals surface area contributed by atoms with Gasteiger partial charge in [-0.05, 0) is 61.6 Å². The molecule has 0 saturated carbocycles. The Kier molecular flexibility index (Phi) is 9.12. The summed E-state index contributed by atoms with van der Waals surface area (Å²) in [6, 6.07) is 3.35. The van der Waals surface area contributed by atoms with Crippen LogP contribution in [0.5, 0.6) is 6.01 Å². The number of esters is 1. The number of halogens is 4. The van der Waals surface area contributed by atoms with Crippen molar-refractivity contribution in [1.82, 2.24) is 14.9 Å². The lowest BCUT2D eigenvalue weighted by molar-refractivity contribution is -0.142. The number of carbonyl (C=O) groups is 1. The van der Waals surface area contributed by atoms with E-state index in [1.807, 2.05) is 6.92 Å². The molecular weight excluding hydrogens is 570 g/mol. The second-order valence-corrected chi connectivity index (χ2v) is 11.7. The van der Waals surface area contributed by atoms with E-state index in [1.165, 1.54) is 45.6 Å². The van der Waals surface area contributed by atoms with Gasteiger partial charge in [0.05, 0.1) is 44.0 Å². The van der Waals surface area contributed by atoms with E-state index in [9.17, 15) is 22.4 Å².